The SMILES string of the molecule is Cc1ccc(CC(=O)N(C)Cc2ccc3c(c2)OCCO3)cc1C. The number of carbonyl (C=O) groups is 1. The number of fused-ring (bicyclic) bond motifs is 1. The molecule has 2 aromatic carbocycles. The Morgan fingerprint density at radius 2 is 1.67 bits per heavy atom. The molecule has 2 aromatic rings. The van der Waals surface area contributed by atoms with Crippen LogP contribution in [0.15, 0.2) is 36.4 Å². The third-order valence-corrected chi connectivity index (χ3v) is 4.38. The first-order chi connectivity index (χ1) is 11.5. The molecule has 0 saturated heterocycles. The summed E-state index contributed by atoms with van der Waals surface area (Å²) in [4.78, 5) is 14.2. The van der Waals surface area contributed by atoms with E-state index in [2.05, 4.69) is 26.0 Å². The van der Waals surface area contributed by atoms with Crippen LogP contribution in [0.2, 0.25) is 0 Å². The van der Waals surface area contributed by atoms with E-state index < -0.39 is 0 Å². The zero-order valence-corrected chi connectivity index (χ0v) is 14.5. The maximum Gasteiger partial charge on any atom is 0.227 e. The topological polar surface area (TPSA) is 38.8 Å². The standard InChI is InChI=1S/C20H23NO3/c1-14-4-5-16(10-15(14)2)12-20(22)21(3)13-17-6-7-18-19(11-17)24-9-8-23-18/h4-7,10-11H,8-9,12-13H2,1-3H3. The van der Waals surface area contributed by atoms with Crippen LogP contribution in [0.25, 0.3) is 0 Å². The van der Waals surface area contributed by atoms with Gasteiger partial charge in [0, 0.05) is 13.6 Å². The molecule has 1 amide bonds. The summed E-state index contributed by atoms with van der Waals surface area (Å²) >= 11 is 0. The predicted molar refractivity (Wildman–Crippen MR) is 93.5 cm³/mol. The van der Waals surface area contributed by atoms with Crippen LogP contribution in [0.1, 0.15) is 22.3 Å². The maximum atomic E-state index is 12.5. The lowest BCUT2D eigenvalue weighted by Crippen LogP contribution is -2.27. The van der Waals surface area contributed by atoms with Crippen molar-refractivity contribution in [1.82, 2.24) is 4.90 Å². The van der Waals surface area contributed by atoms with Gasteiger partial charge in [-0.3, -0.25) is 4.79 Å². The van der Waals surface area contributed by atoms with Crippen LogP contribution in [0, 0.1) is 13.8 Å². The van der Waals surface area contributed by atoms with Crippen molar-refractivity contribution >= 4 is 5.91 Å². The Balaban J connectivity index is 1.64. The van der Waals surface area contributed by atoms with Gasteiger partial charge in [0.2, 0.25) is 5.91 Å². The Labute approximate surface area is 143 Å². The molecule has 3 rings (SSSR count). The molecule has 0 aliphatic carbocycles. The van der Waals surface area contributed by atoms with Gasteiger partial charge in [-0.1, -0.05) is 24.3 Å². The van der Waals surface area contributed by atoms with Crippen LogP contribution >= 0.6 is 0 Å². The molecule has 0 atom stereocenters. The molecule has 126 valence electrons. The molecule has 0 bridgehead atoms. The van der Waals surface area contributed by atoms with E-state index in [9.17, 15) is 4.79 Å². The van der Waals surface area contributed by atoms with Gasteiger partial charge in [0.05, 0.1) is 6.42 Å². The van der Waals surface area contributed by atoms with E-state index in [0.717, 1.165) is 22.6 Å². The van der Waals surface area contributed by atoms with E-state index in [1.54, 1.807) is 4.90 Å². The van der Waals surface area contributed by atoms with E-state index in [0.29, 0.717) is 26.2 Å². The molecular formula is C20H23NO3. The van der Waals surface area contributed by atoms with Gasteiger partial charge in [-0.25, -0.2) is 0 Å². The lowest BCUT2D eigenvalue weighted by Gasteiger charge is -2.21. The fraction of sp³-hybridized carbons (Fsp3) is 0.350. The first-order valence-corrected chi connectivity index (χ1v) is 8.21. The highest BCUT2D eigenvalue weighted by molar-refractivity contribution is 5.78. The highest BCUT2D eigenvalue weighted by Crippen LogP contribution is 2.31. The molecule has 1 aliphatic heterocycles. The van der Waals surface area contributed by atoms with Crippen LogP contribution in [0.4, 0.5) is 0 Å². The number of amides is 1. The van der Waals surface area contributed by atoms with Crippen molar-refractivity contribution in [3.05, 3.63) is 58.7 Å². The number of hydrogen-bond acceptors (Lipinski definition) is 3. The minimum Gasteiger partial charge on any atom is -0.486 e. The second kappa shape index (κ2) is 6.95. The molecule has 4 heteroatoms. The van der Waals surface area contributed by atoms with E-state index >= 15 is 0 Å². The second-order valence-corrected chi connectivity index (χ2v) is 6.32. The highest BCUT2D eigenvalue weighted by atomic mass is 16.6. The van der Waals surface area contributed by atoms with Crippen molar-refractivity contribution in [1.29, 1.82) is 0 Å². The molecule has 1 heterocycles. The number of hydrogen-bond donors (Lipinski definition) is 0. The molecule has 0 fully saturated rings. The summed E-state index contributed by atoms with van der Waals surface area (Å²) in [6.07, 6.45) is 0.419. The smallest absolute Gasteiger partial charge is 0.227 e. The molecule has 0 N–H and O–H groups in total. The summed E-state index contributed by atoms with van der Waals surface area (Å²) < 4.78 is 11.1. The lowest BCUT2D eigenvalue weighted by atomic mass is 10.0. The molecule has 1 aliphatic rings. The molecule has 0 saturated carbocycles. The number of benzene rings is 2. The van der Waals surface area contributed by atoms with Gasteiger partial charge in [-0.15, -0.1) is 0 Å². The van der Waals surface area contributed by atoms with E-state index in [1.807, 2.05) is 31.3 Å². The molecule has 24 heavy (non-hydrogen) atoms. The maximum absolute atomic E-state index is 12.5. The number of carbonyl (C=O) groups excluding carboxylic acids is 1. The summed E-state index contributed by atoms with van der Waals surface area (Å²) in [7, 11) is 1.83. The van der Waals surface area contributed by atoms with Gasteiger partial charge < -0.3 is 14.4 Å². The predicted octanol–water partition coefficient (Wildman–Crippen LogP) is 3.28. The summed E-state index contributed by atoms with van der Waals surface area (Å²) in [6.45, 7) is 5.86. The lowest BCUT2D eigenvalue weighted by molar-refractivity contribution is -0.129. The zero-order chi connectivity index (χ0) is 17.1. The van der Waals surface area contributed by atoms with Crippen LogP contribution in [0.5, 0.6) is 11.5 Å². The van der Waals surface area contributed by atoms with E-state index in [-0.39, 0.29) is 5.91 Å². The Kier molecular flexibility index (Phi) is 4.74. The quantitative estimate of drug-likeness (QED) is 0.866. The summed E-state index contributed by atoms with van der Waals surface area (Å²) in [5.74, 6) is 1.64. The summed E-state index contributed by atoms with van der Waals surface area (Å²) in [6, 6.07) is 12.0. The number of aryl methyl sites for hydroxylation is 2. The molecule has 0 unspecified atom stereocenters. The molecule has 0 aromatic heterocycles. The highest BCUT2D eigenvalue weighted by Gasteiger charge is 2.15. The van der Waals surface area contributed by atoms with Gasteiger partial charge in [0.25, 0.3) is 0 Å². The molecule has 0 spiro atoms. The largest absolute Gasteiger partial charge is 0.486 e. The van der Waals surface area contributed by atoms with Crippen molar-refractivity contribution < 1.29 is 14.3 Å². The fourth-order valence-corrected chi connectivity index (χ4v) is 2.77. The van der Waals surface area contributed by atoms with Gasteiger partial charge in [0.1, 0.15) is 13.2 Å². The average Bonchev–Trinajstić information content (AvgIpc) is 2.58. The monoisotopic (exact) mass is 325 g/mol. The summed E-state index contributed by atoms with van der Waals surface area (Å²) in [5, 5.41) is 0. The van der Waals surface area contributed by atoms with E-state index in [4.69, 9.17) is 9.47 Å². The van der Waals surface area contributed by atoms with Crippen LogP contribution in [0.3, 0.4) is 0 Å². The number of rotatable bonds is 4. The van der Waals surface area contributed by atoms with E-state index in [1.165, 1.54) is 11.1 Å². The van der Waals surface area contributed by atoms with Gasteiger partial charge in [-0.05, 0) is 48.2 Å². The normalized spacial score (nSPS) is 12.8. The van der Waals surface area contributed by atoms with Gasteiger partial charge in [0.15, 0.2) is 11.5 Å². The van der Waals surface area contributed by atoms with Crippen molar-refractivity contribution in [2.75, 3.05) is 20.3 Å². The van der Waals surface area contributed by atoms with Crippen LogP contribution < -0.4 is 9.47 Å². The first-order valence-electron chi connectivity index (χ1n) is 8.21. The van der Waals surface area contributed by atoms with Crippen molar-refractivity contribution in [2.24, 2.45) is 0 Å². The third kappa shape index (κ3) is 3.70. The Morgan fingerprint density at radius 3 is 2.42 bits per heavy atom. The first kappa shape index (κ1) is 16.4. The third-order valence-electron chi connectivity index (χ3n) is 4.38. The van der Waals surface area contributed by atoms with Crippen LogP contribution in [-0.4, -0.2) is 31.1 Å². The minimum absolute atomic E-state index is 0.105. The molecular weight excluding hydrogens is 302 g/mol. The Morgan fingerprint density at radius 1 is 0.958 bits per heavy atom. The number of likely N-dealkylation sites (N-methyl/N-ethyl adjacent to an activating group) is 1. The average molecular weight is 325 g/mol. The fourth-order valence-electron chi connectivity index (χ4n) is 2.77. The minimum atomic E-state index is 0.105. The van der Waals surface area contributed by atoms with Crippen molar-refractivity contribution in [3.63, 3.8) is 0 Å². The Hall–Kier alpha value is -2.49. The summed E-state index contributed by atoms with van der Waals surface area (Å²) in [5.41, 5.74) is 4.55. The molecule has 4 nitrogen and oxygen atoms in total. The van der Waals surface area contributed by atoms with Crippen LogP contribution in [-0.2, 0) is 17.8 Å². The van der Waals surface area contributed by atoms with Crippen molar-refractivity contribution in [3.8, 4) is 11.5 Å². The van der Waals surface area contributed by atoms with Gasteiger partial charge in [-0.2, -0.15) is 0 Å². The molecule has 0 radical (unpaired) electrons. The van der Waals surface area contributed by atoms with Crippen molar-refractivity contribution in [2.45, 2.75) is 26.8 Å². The zero-order valence-electron chi connectivity index (χ0n) is 14.5. The number of ether oxygens (including phenoxy) is 2. The number of nitrogens with zero attached hydrogens (tertiary/aromatic N) is 1. The second-order valence-electron chi connectivity index (χ2n) is 6.32. The van der Waals surface area contributed by atoms with Gasteiger partial charge >= 0.3 is 0 Å². The Bertz CT molecular complexity index is 755.